The highest BCUT2D eigenvalue weighted by Crippen LogP contribution is 2.52. The smallest absolute Gasteiger partial charge is 0.231 e. The highest BCUT2D eigenvalue weighted by molar-refractivity contribution is 5.60. The molecule has 2 aromatic rings. The minimum atomic E-state index is -0.0211. The number of piperidine rings is 1. The van der Waals surface area contributed by atoms with Crippen molar-refractivity contribution in [2.75, 3.05) is 41.2 Å². The van der Waals surface area contributed by atoms with Crippen LogP contribution in [0.3, 0.4) is 0 Å². The molecule has 172 valence electrons. The van der Waals surface area contributed by atoms with Gasteiger partial charge in [-0.05, 0) is 36.6 Å². The third-order valence-electron chi connectivity index (χ3n) is 6.86. The fourth-order valence-electron chi connectivity index (χ4n) is 5.31. The number of nitrogens with zero attached hydrogens (tertiary/aromatic N) is 1. The summed E-state index contributed by atoms with van der Waals surface area (Å²) in [7, 11) is 4.92. The van der Waals surface area contributed by atoms with Crippen LogP contribution in [0.1, 0.15) is 43.2 Å². The van der Waals surface area contributed by atoms with Crippen molar-refractivity contribution in [3.63, 3.8) is 0 Å². The minimum Gasteiger partial charge on any atom is -0.493 e. The standard InChI is InChI=1S/C25H31NO6/c1-15-23(16-10-21(27-2)24(29-4)22(11-16)28-3)17-12-19-20(31-14-30-19)13-18(17)32-25(15)26-8-6-5-7-9-26/h10-13,15,23,25H,5-9,14H2,1-4H3/t15-,23+,25-/m1/s1. The van der Waals surface area contributed by atoms with Crippen LogP contribution in [0.5, 0.6) is 34.5 Å². The molecular formula is C25H31NO6. The fraction of sp³-hybridized carbons (Fsp3) is 0.520. The summed E-state index contributed by atoms with van der Waals surface area (Å²) >= 11 is 0. The first kappa shape index (κ1) is 21.1. The number of rotatable bonds is 5. The highest BCUT2D eigenvalue weighted by Gasteiger charge is 2.41. The van der Waals surface area contributed by atoms with Gasteiger partial charge in [-0.3, -0.25) is 4.90 Å². The van der Waals surface area contributed by atoms with E-state index in [0.29, 0.717) is 17.2 Å². The third kappa shape index (κ3) is 3.48. The van der Waals surface area contributed by atoms with Gasteiger partial charge in [0.1, 0.15) is 5.75 Å². The Hall–Kier alpha value is -2.80. The molecule has 2 aromatic carbocycles. The zero-order valence-corrected chi connectivity index (χ0v) is 19.2. The van der Waals surface area contributed by atoms with Gasteiger partial charge in [-0.1, -0.05) is 13.3 Å². The SMILES string of the molecule is COc1cc([C@H]2c3cc4c(cc3O[C@@H](N3CCCCC3)[C@@H]2C)OCO4)cc(OC)c1OC. The molecule has 0 spiro atoms. The number of hydrogen-bond donors (Lipinski definition) is 0. The normalized spacial score (nSPS) is 24.4. The van der Waals surface area contributed by atoms with Crippen LogP contribution in [0.2, 0.25) is 0 Å². The molecule has 0 radical (unpaired) electrons. The van der Waals surface area contributed by atoms with Gasteiger partial charge in [0, 0.05) is 36.6 Å². The molecule has 0 aromatic heterocycles. The molecule has 5 rings (SSSR count). The van der Waals surface area contributed by atoms with Crippen LogP contribution in [0.15, 0.2) is 24.3 Å². The average Bonchev–Trinajstić information content (AvgIpc) is 3.29. The Labute approximate surface area is 189 Å². The molecule has 0 unspecified atom stereocenters. The second kappa shape index (κ2) is 8.62. The zero-order chi connectivity index (χ0) is 22.2. The number of likely N-dealkylation sites (tertiary alicyclic amines) is 1. The quantitative estimate of drug-likeness (QED) is 0.681. The number of ether oxygens (including phenoxy) is 6. The van der Waals surface area contributed by atoms with Crippen molar-refractivity contribution >= 4 is 0 Å². The first-order valence-electron chi connectivity index (χ1n) is 11.3. The lowest BCUT2D eigenvalue weighted by molar-refractivity contribution is -0.0403. The Bertz CT molecular complexity index is 962. The first-order chi connectivity index (χ1) is 15.6. The third-order valence-corrected chi connectivity index (χ3v) is 6.86. The molecule has 0 amide bonds. The van der Waals surface area contributed by atoms with E-state index in [2.05, 4.69) is 30.0 Å². The van der Waals surface area contributed by atoms with E-state index in [1.54, 1.807) is 21.3 Å². The summed E-state index contributed by atoms with van der Waals surface area (Å²) in [5, 5.41) is 0. The maximum atomic E-state index is 6.62. The van der Waals surface area contributed by atoms with Crippen LogP contribution in [0.25, 0.3) is 0 Å². The van der Waals surface area contributed by atoms with Gasteiger partial charge in [0.15, 0.2) is 29.2 Å². The zero-order valence-electron chi connectivity index (χ0n) is 19.2. The molecule has 1 saturated heterocycles. The summed E-state index contributed by atoms with van der Waals surface area (Å²) in [6.45, 7) is 4.60. The molecule has 1 fully saturated rings. The Morgan fingerprint density at radius 1 is 0.812 bits per heavy atom. The summed E-state index contributed by atoms with van der Waals surface area (Å²) in [5.41, 5.74) is 2.18. The molecule has 0 N–H and O–H groups in total. The van der Waals surface area contributed by atoms with Crippen molar-refractivity contribution in [1.29, 1.82) is 0 Å². The molecule has 0 aliphatic carbocycles. The van der Waals surface area contributed by atoms with Crippen LogP contribution in [-0.2, 0) is 0 Å². The Morgan fingerprint density at radius 3 is 2.09 bits per heavy atom. The summed E-state index contributed by atoms with van der Waals surface area (Å²) in [4.78, 5) is 2.48. The van der Waals surface area contributed by atoms with Gasteiger partial charge in [-0.2, -0.15) is 0 Å². The van der Waals surface area contributed by atoms with Crippen LogP contribution in [0, 0.1) is 5.92 Å². The molecular weight excluding hydrogens is 410 g/mol. The molecule has 7 heteroatoms. The Morgan fingerprint density at radius 2 is 1.47 bits per heavy atom. The molecule has 3 atom stereocenters. The minimum absolute atomic E-state index is 0.0211. The van der Waals surface area contributed by atoms with E-state index in [-0.39, 0.29) is 24.9 Å². The molecule has 7 nitrogen and oxygen atoms in total. The molecule has 0 saturated carbocycles. The highest BCUT2D eigenvalue weighted by atomic mass is 16.7. The van der Waals surface area contributed by atoms with Gasteiger partial charge in [0.05, 0.1) is 21.3 Å². The van der Waals surface area contributed by atoms with E-state index >= 15 is 0 Å². The maximum Gasteiger partial charge on any atom is 0.231 e. The van der Waals surface area contributed by atoms with Gasteiger partial charge in [-0.15, -0.1) is 0 Å². The molecule has 0 bridgehead atoms. The molecule has 32 heavy (non-hydrogen) atoms. The number of methoxy groups -OCH3 is 3. The Balaban J connectivity index is 1.64. The summed E-state index contributed by atoms with van der Waals surface area (Å²) in [6.07, 6.45) is 3.67. The molecule has 3 aliphatic rings. The lowest BCUT2D eigenvalue weighted by atomic mass is 9.77. The van der Waals surface area contributed by atoms with E-state index in [4.69, 9.17) is 28.4 Å². The van der Waals surface area contributed by atoms with Gasteiger partial charge in [-0.25, -0.2) is 0 Å². The molecule has 3 aliphatic heterocycles. The predicted molar refractivity (Wildman–Crippen MR) is 120 cm³/mol. The van der Waals surface area contributed by atoms with Gasteiger partial charge in [0.2, 0.25) is 12.5 Å². The van der Waals surface area contributed by atoms with Gasteiger partial charge < -0.3 is 28.4 Å². The van der Waals surface area contributed by atoms with Crippen LogP contribution < -0.4 is 28.4 Å². The second-order valence-corrected chi connectivity index (χ2v) is 8.64. The van der Waals surface area contributed by atoms with Crippen molar-refractivity contribution < 1.29 is 28.4 Å². The van der Waals surface area contributed by atoms with Crippen LogP contribution in [0.4, 0.5) is 0 Å². The second-order valence-electron chi connectivity index (χ2n) is 8.64. The Kier molecular flexibility index (Phi) is 5.67. The van der Waals surface area contributed by atoms with Crippen molar-refractivity contribution in [3.8, 4) is 34.5 Å². The van der Waals surface area contributed by atoms with Gasteiger partial charge >= 0.3 is 0 Å². The average molecular weight is 442 g/mol. The first-order valence-corrected chi connectivity index (χ1v) is 11.3. The lowest BCUT2D eigenvalue weighted by Gasteiger charge is -2.44. The fourth-order valence-corrected chi connectivity index (χ4v) is 5.31. The van der Waals surface area contributed by atoms with Crippen molar-refractivity contribution in [2.24, 2.45) is 5.92 Å². The largest absolute Gasteiger partial charge is 0.493 e. The van der Waals surface area contributed by atoms with Gasteiger partial charge in [0.25, 0.3) is 0 Å². The van der Waals surface area contributed by atoms with Crippen molar-refractivity contribution in [3.05, 3.63) is 35.4 Å². The van der Waals surface area contributed by atoms with Crippen LogP contribution >= 0.6 is 0 Å². The summed E-state index contributed by atoms with van der Waals surface area (Å²) < 4.78 is 34.8. The van der Waals surface area contributed by atoms with E-state index in [1.807, 2.05) is 6.07 Å². The molecule has 3 heterocycles. The maximum absolute atomic E-state index is 6.62. The lowest BCUT2D eigenvalue weighted by Crippen LogP contribution is -2.50. The number of fused-ring (bicyclic) bond motifs is 2. The van der Waals surface area contributed by atoms with E-state index in [0.717, 1.165) is 41.5 Å². The monoisotopic (exact) mass is 441 g/mol. The van der Waals surface area contributed by atoms with E-state index < -0.39 is 0 Å². The van der Waals surface area contributed by atoms with Crippen molar-refractivity contribution in [2.45, 2.75) is 38.3 Å². The predicted octanol–water partition coefficient (Wildman–Crippen LogP) is 4.41. The van der Waals surface area contributed by atoms with Crippen molar-refractivity contribution in [1.82, 2.24) is 4.90 Å². The number of benzene rings is 2. The van der Waals surface area contributed by atoms with E-state index in [9.17, 15) is 0 Å². The van der Waals surface area contributed by atoms with E-state index in [1.165, 1.54) is 19.3 Å². The van der Waals surface area contributed by atoms with Crippen LogP contribution in [-0.4, -0.2) is 52.3 Å². The topological polar surface area (TPSA) is 58.6 Å². The number of hydrogen-bond acceptors (Lipinski definition) is 7. The summed E-state index contributed by atoms with van der Waals surface area (Å²) in [5.74, 6) is 4.50. The summed E-state index contributed by atoms with van der Waals surface area (Å²) in [6, 6.07) is 8.14.